The van der Waals surface area contributed by atoms with Crippen LogP contribution in [0.5, 0.6) is 0 Å². The van der Waals surface area contributed by atoms with Crippen LogP contribution in [0.25, 0.3) is 11.3 Å². The number of hydrogen-bond donors (Lipinski definition) is 1. The summed E-state index contributed by atoms with van der Waals surface area (Å²) in [7, 11) is 0. The summed E-state index contributed by atoms with van der Waals surface area (Å²) in [5.41, 5.74) is 2.26. The lowest BCUT2D eigenvalue weighted by Crippen LogP contribution is -2.45. The molecule has 172 valence electrons. The molecule has 4 atom stereocenters. The molecule has 0 amide bonds. The molecule has 3 saturated carbocycles. The minimum Gasteiger partial charge on any atom is -0.383 e. The van der Waals surface area contributed by atoms with Crippen molar-refractivity contribution in [2.24, 2.45) is 11.8 Å². The zero-order valence-corrected chi connectivity index (χ0v) is 19.7. The molecule has 3 fully saturated rings. The number of fused-ring (bicyclic) bond motifs is 2. The molecule has 2 heterocycles. The number of pyridine rings is 1. The number of aliphatic hydroxyl groups is 1. The summed E-state index contributed by atoms with van der Waals surface area (Å²) in [4.78, 5) is 4.49. The minimum absolute atomic E-state index is 0.0722. The molecule has 2 aromatic heterocycles. The highest BCUT2D eigenvalue weighted by molar-refractivity contribution is 6.39. The summed E-state index contributed by atoms with van der Waals surface area (Å²) in [6.07, 6.45) is 7.67. The van der Waals surface area contributed by atoms with Crippen LogP contribution in [0.4, 0.5) is 0 Å². The molecule has 3 aromatic rings. The van der Waals surface area contributed by atoms with Gasteiger partial charge in [-0.1, -0.05) is 40.5 Å². The second-order valence-corrected chi connectivity index (χ2v) is 10.5. The standard InChI is InChI=1S/C26H26Cl2N2O3/c27-20-4-3-5-21(28)23(20)24-19(25(33-30-24)15-7-8-15)14-32-18-12-16-9-10-17(13-18)26(16,31)22-6-1-2-11-29-22/h1-6,11,15-18,31H,7-10,12-14H2/t16-,17+,18?,26?. The number of aromatic nitrogens is 2. The van der Waals surface area contributed by atoms with Crippen molar-refractivity contribution in [3.63, 3.8) is 0 Å². The van der Waals surface area contributed by atoms with Crippen LogP contribution < -0.4 is 0 Å². The Morgan fingerprint density at radius 3 is 2.36 bits per heavy atom. The van der Waals surface area contributed by atoms with E-state index >= 15 is 0 Å². The van der Waals surface area contributed by atoms with Crippen LogP contribution in [-0.4, -0.2) is 21.4 Å². The summed E-state index contributed by atoms with van der Waals surface area (Å²) >= 11 is 13.0. The first kappa shape index (κ1) is 21.6. The topological polar surface area (TPSA) is 68.4 Å². The number of nitrogens with zero attached hydrogens (tertiary/aromatic N) is 2. The molecule has 5 nitrogen and oxygen atoms in total. The fraction of sp³-hybridized carbons (Fsp3) is 0.462. The molecule has 1 aromatic carbocycles. The van der Waals surface area contributed by atoms with Crippen LogP contribution in [-0.2, 0) is 16.9 Å². The average molecular weight is 485 g/mol. The summed E-state index contributed by atoms with van der Waals surface area (Å²) < 4.78 is 12.3. The van der Waals surface area contributed by atoms with Gasteiger partial charge in [-0.15, -0.1) is 0 Å². The van der Waals surface area contributed by atoms with Crippen molar-refractivity contribution in [1.82, 2.24) is 10.1 Å². The molecule has 0 radical (unpaired) electrons. The van der Waals surface area contributed by atoms with Crippen molar-refractivity contribution in [1.29, 1.82) is 0 Å². The lowest BCUT2D eigenvalue weighted by molar-refractivity contribution is -0.118. The quantitative estimate of drug-likeness (QED) is 0.431. The zero-order valence-electron chi connectivity index (χ0n) is 18.2. The molecule has 0 spiro atoms. The van der Waals surface area contributed by atoms with Crippen LogP contribution >= 0.6 is 23.2 Å². The van der Waals surface area contributed by atoms with Crippen LogP contribution in [0, 0.1) is 11.8 Å². The Morgan fingerprint density at radius 2 is 1.73 bits per heavy atom. The fourth-order valence-electron chi connectivity index (χ4n) is 5.91. The molecule has 7 heteroatoms. The van der Waals surface area contributed by atoms with Gasteiger partial charge in [0.1, 0.15) is 17.1 Å². The molecule has 1 N–H and O–H groups in total. The van der Waals surface area contributed by atoms with Crippen LogP contribution in [0.3, 0.4) is 0 Å². The summed E-state index contributed by atoms with van der Waals surface area (Å²) in [5.74, 6) is 1.59. The van der Waals surface area contributed by atoms with Gasteiger partial charge in [0.15, 0.2) is 0 Å². The van der Waals surface area contributed by atoms with Gasteiger partial charge in [-0.05, 0) is 74.6 Å². The molecule has 0 aliphatic heterocycles. The lowest BCUT2D eigenvalue weighted by Gasteiger charge is -2.42. The maximum Gasteiger partial charge on any atom is 0.145 e. The van der Waals surface area contributed by atoms with Crippen molar-refractivity contribution in [2.75, 3.05) is 0 Å². The van der Waals surface area contributed by atoms with Gasteiger partial charge in [0.2, 0.25) is 0 Å². The predicted molar refractivity (Wildman–Crippen MR) is 126 cm³/mol. The highest BCUT2D eigenvalue weighted by atomic mass is 35.5. The largest absolute Gasteiger partial charge is 0.383 e. The average Bonchev–Trinajstić information content (AvgIpc) is 3.56. The second-order valence-electron chi connectivity index (χ2n) is 9.66. The summed E-state index contributed by atoms with van der Waals surface area (Å²) in [5, 5.41) is 17.1. The number of hydrogen-bond acceptors (Lipinski definition) is 5. The van der Waals surface area contributed by atoms with Gasteiger partial charge in [-0.2, -0.15) is 0 Å². The maximum absolute atomic E-state index is 11.6. The highest BCUT2D eigenvalue weighted by Crippen LogP contribution is 2.55. The van der Waals surface area contributed by atoms with E-state index in [1.807, 2.05) is 36.4 Å². The van der Waals surface area contributed by atoms with Crippen LogP contribution in [0.1, 0.15) is 61.5 Å². The van der Waals surface area contributed by atoms with Crippen molar-refractivity contribution >= 4 is 23.2 Å². The van der Waals surface area contributed by atoms with Crippen molar-refractivity contribution < 1.29 is 14.4 Å². The van der Waals surface area contributed by atoms with E-state index in [0.29, 0.717) is 33.8 Å². The van der Waals surface area contributed by atoms with Gasteiger partial charge in [0, 0.05) is 23.2 Å². The Kier molecular flexibility index (Phi) is 5.49. The molecular formula is C26H26Cl2N2O3. The SMILES string of the molecule is OC1(c2ccccn2)[C@@H]2CC[C@H]1CC(OCc1c(-c3c(Cl)cccc3Cl)noc1C1CC1)C2. The number of benzene rings is 1. The van der Waals surface area contributed by atoms with Gasteiger partial charge in [-0.25, -0.2) is 0 Å². The molecule has 6 rings (SSSR count). The Labute approximate surface area is 203 Å². The van der Waals surface area contributed by atoms with Crippen molar-refractivity contribution in [3.8, 4) is 11.3 Å². The van der Waals surface area contributed by atoms with Gasteiger partial charge >= 0.3 is 0 Å². The van der Waals surface area contributed by atoms with E-state index in [1.165, 1.54) is 0 Å². The van der Waals surface area contributed by atoms with Gasteiger partial charge in [0.05, 0.1) is 28.5 Å². The normalized spacial score (nSPS) is 28.9. The van der Waals surface area contributed by atoms with Gasteiger partial charge in [0.25, 0.3) is 0 Å². The van der Waals surface area contributed by atoms with E-state index in [0.717, 1.165) is 55.5 Å². The van der Waals surface area contributed by atoms with E-state index in [1.54, 1.807) is 6.20 Å². The predicted octanol–water partition coefficient (Wildman–Crippen LogP) is 6.51. The third kappa shape index (κ3) is 3.70. The molecule has 2 unspecified atom stereocenters. The molecule has 3 aliphatic carbocycles. The van der Waals surface area contributed by atoms with E-state index in [-0.39, 0.29) is 17.9 Å². The molecule has 33 heavy (non-hydrogen) atoms. The van der Waals surface area contributed by atoms with Gasteiger partial charge < -0.3 is 14.4 Å². The van der Waals surface area contributed by atoms with E-state index in [9.17, 15) is 5.11 Å². The smallest absolute Gasteiger partial charge is 0.145 e. The Balaban J connectivity index is 1.24. The highest BCUT2D eigenvalue weighted by Gasteiger charge is 2.55. The van der Waals surface area contributed by atoms with Crippen molar-refractivity contribution in [2.45, 2.75) is 62.8 Å². The fourth-order valence-corrected chi connectivity index (χ4v) is 6.48. The zero-order chi connectivity index (χ0) is 22.6. The molecule has 3 aliphatic rings. The van der Waals surface area contributed by atoms with Gasteiger partial charge in [-0.3, -0.25) is 4.98 Å². The third-order valence-corrected chi connectivity index (χ3v) is 8.34. The van der Waals surface area contributed by atoms with E-state index in [2.05, 4.69) is 10.1 Å². The Morgan fingerprint density at radius 1 is 1.00 bits per heavy atom. The number of ether oxygens (including phenoxy) is 1. The summed E-state index contributed by atoms with van der Waals surface area (Å²) in [6, 6.07) is 11.3. The second kappa shape index (κ2) is 8.38. The monoisotopic (exact) mass is 484 g/mol. The lowest BCUT2D eigenvalue weighted by atomic mass is 9.71. The third-order valence-electron chi connectivity index (χ3n) is 7.71. The first-order valence-corrected chi connectivity index (χ1v) is 12.5. The first-order chi connectivity index (χ1) is 16.1. The van der Waals surface area contributed by atoms with E-state index in [4.69, 9.17) is 32.5 Å². The molecule has 0 saturated heterocycles. The Hall–Kier alpha value is -1.92. The minimum atomic E-state index is -0.853. The Bertz CT molecular complexity index is 1130. The number of rotatable bonds is 6. The van der Waals surface area contributed by atoms with E-state index < -0.39 is 5.60 Å². The number of halogens is 2. The van der Waals surface area contributed by atoms with Crippen LogP contribution in [0.15, 0.2) is 47.1 Å². The maximum atomic E-state index is 11.6. The van der Waals surface area contributed by atoms with Crippen LogP contribution in [0.2, 0.25) is 10.0 Å². The summed E-state index contributed by atoms with van der Waals surface area (Å²) in [6.45, 7) is 0.401. The van der Waals surface area contributed by atoms with Crippen molar-refractivity contribution in [3.05, 3.63) is 69.7 Å². The first-order valence-electron chi connectivity index (χ1n) is 11.7. The molecule has 2 bridgehead atoms. The molecular weight excluding hydrogens is 459 g/mol.